The van der Waals surface area contributed by atoms with Crippen molar-refractivity contribution in [2.75, 3.05) is 27.3 Å². The normalized spacial score (nSPS) is 14.1. The Bertz CT molecular complexity index is 1070. The van der Waals surface area contributed by atoms with Crippen LogP contribution in [0.15, 0.2) is 54.7 Å². The highest BCUT2D eigenvalue weighted by Gasteiger charge is 2.28. The van der Waals surface area contributed by atoms with Gasteiger partial charge in [0.25, 0.3) is 5.91 Å². The first-order chi connectivity index (χ1) is 16.1. The summed E-state index contributed by atoms with van der Waals surface area (Å²) >= 11 is 0. The van der Waals surface area contributed by atoms with Gasteiger partial charge >= 0.3 is 0 Å². The van der Waals surface area contributed by atoms with E-state index in [0.29, 0.717) is 49.5 Å². The van der Waals surface area contributed by atoms with Crippen LogP contribution in [0.25, 0.3) is 11.3 Å². The molecule has 0 spiro atoms. The third-order valence-electron chi connectivity index (χ3n) is 5.98. The van der Waals surface area contributed by atoms with Crippen LogP contribution in [0, 0.1) is 5.92 Å². The summed E-state index contributed by atoms with van der Waals surface area (Å²) in [4.78, 5) is 27.4. The molecule has 0 saturated carbocycles. The first-order valence-corrected chi connectivity index (χ1v) is 11.0. The Kier molecular flexibility index (Phi) is 6.92. The van der Waals surface area contributed by atoms with Crippen molar-refractivity contribution < 1.29 is 19.1 Å². The standard InChI is InChI=1S/C25H28N4O4/c1-32-21-13-20(14-22(15-21)33-2)25(31)29-11-8-19(9-12-29)24(30)26-16-17-3-5-18(6-4-17)23-7-10-27-28-23/h3-7,10,13-15,19H,8-9,11-12,16H2,1-2H3,(H,26,30)(H,27,28). The first-order valence-electron chi connectivity index (χ1n) is 11.0. The molecule has 1 fully saturated rings. The molecule has 1 aliphatic rings. The van der Waals surface area contributed by atoms with Crippen molar-refractivity contribution >= 4 is 11.8 Å². The fourth-order valence-corrected chi connectivity index (χ4v) is 4.01. The van der Waals surface area contributed by atoms with E-state index in [-0.39, 0.29) is 17.7 Å². The number of aromatic amines is 1. The molecule has 1 aromatic heterocycles. The molecule has 172 valence electrons. The predicted molar refractivity (Wildman–Crippen MR) is 124 cm³/mol. The summed E-state index contributed by atoms with van der Waals surface area (Å²) in [6, 6.07) is 15.1. The highest BCUT2D eigenvalue weighted by Crippen LogP contribution is 2.25. The van der Waals surface area contributed by atoms with Gasteiger partial charge in [0.05, 0.1) is 19.9 Å². The number of methoxy groups -OCH3 is 2. The van der Waals surface area contributed by atoms with Crippen LogP contribution in [0.3, 0.4) is 0 Å². The number of amides is 2. The molecular formula is C25H28N4O4. The van der Waals surface area contributed by atoms with Crippen molar-refractivity contribution in [3.8, 4) is 22.8 Å². The van der Waals surface area contributed by atoms with E-state index in [2.05, 4.69) is 15.5 Å². The molecule has 0 radical (unpaired) electrons. The quantitative estimate of drug-likeness (QED) is 0.578. The van der Waals surface area contributed by atoms with Crippen LogP contribution in [0.5, 0.6) is 11.5 Å². The number of ether oxygens (including phenoxy) is 2. The number of benzene rings is 2. The van der Waals surface area contributed by atoms with E-state index in [0.717, 1.165) is 16.8 Å². The predicted octanol–water partition coefficient (Wildman–Crippen LogP) is 3.26. The molecule has 2 heterocycles. The van der Waals surface area contributed by atoms with E-state index >= 15 is 0 Å². The molecule has 0 atom stereocenters. The monoisotopic (exact) mass is 448 g/mol. The van der Waals surface area contributed by atoms with Gasteiger partial charge in [-0.15, -0.1) is 0 Å². The smallest absolute Gasteiger partial charge is 0.254 e. The Labute approximate surface area is 192 Å². The summed E-state index contributed by atoms with van der Waals surface area (Å²) in [5.74, 6) is 0.999. The zero-order valence-electron chi connectivity index (χ0n) is 18.8. The Morgan fingerprint density at radius 2 is 1.70 bits per heavy atom. The zero-order valence-corrected chi connectivity index (χ0v) is 18.8. The van der Waals surface area contributed by atoms with Gasteiger partial charge < -0.3 is 19.7 Å². The highest BCUT2D eigenvalue weighted by atomic mass is 16.5. The molecule has 1 aliphatic heterocycles. The van der Waals surface area contributed by atoms with E-state index in [1.165, 1.54) is 0 Å². The summed E-state index contributed by atoms with van der Waals surface area (Å²) in [6.07, 6.45) is 2.99. The third-order valence-corrected chi connectivity index (χ3v) is 5.98. The minimum absolute atomic E-state index is 0.0304. The Morgan fingerprint density at radius 1 is 1.03 bits per heavy atom. The summed E-state index contributed by atoms with van der Waals surface area (Å²) in [5, 5.41) is 9.94. The van der Waals surface area contributed by atoms with Crippen molar-refractivity contribution in [1.29, 1.82) is 0 Å². The third kappa shape index (κ3) is 5.34. The molecule has 2 amide bonds. The second kappa shape index (κ2) is 10.2. The van der Waals surface area contributed by atoms with Crippen LogP contribution in [0.1, 0.15) is 28.8 Å². The van der Waals surface area contributed by atoms with E-state index in [1.54, 1.807) is 43.5 Å². The SMILES string of the molecule is COc1cc(OC)cc(C(=O)N2CCC(C(=O)NCc3ccc(-c4ccn[nH]4)cc3)CC2)c1. The van der Waals surface area contributed by atoms with Crippen molar-refractivity contribution in [3.05, 3.63) is 65.9 Å². The number of aromatic nitrogens is 2. The number of piperidine rings is 1. The maximum Gasteiger partial charge on any atom is 0.254 e. The average Bonchev–Trinajstić information content (AvgIpc) is 3.42. The summed E-state index contributed by atoms with van der Waals surface area (Å²) in [7, 11) is 3.11. The lowest BCUT2D eigenvalue weighted by Crippen LogP contribution is -2.42. The minimum atomic E-state index is -0.0989. The van der Waals surface area contributed by atoms with Crippen LogP contribution in [-0.4, -0.2) is 54.2 Å². The van der Waals surface area contributed by atoms with E-state index in [4.69, 9.17) is 9.47 Å². The Balaban J connectivity index is 1.28. The highest BCUT2D eigenvalue weighted by molar-refractivity contribution is 5.95. The number of nitrogens with zero attached hydrogens (tertiary/aromatic N) is 2. The van der Waals surface area contributed by atoms with E-state index < -0.39 is 0 Å². The molecule has 33 heavy (non-hydrogen) atoms. The van der Waals surface area contributed by atoms with Gasteiger partial charge in [0.1, 0.15) is 11.5 Å². The fraction of sp³-hybridized carbons (Fsp3) is 0.320. The number of carbonyl (C=O) groups is 2. The van der Waals surface area contributed by atoms with Gasteiger partial charge in [-0.1, -0.05) is 24.3 Å². The number of carbonyl (C=O) groups excluding carboxylic acids is 2. The van der Waals surface area contributed by atoms with Crippen molar-refractivity contribution in [3.63, 3.8) is 0 Å². The summed E-state index contributed by atoms with van der Waals surface area (Å²) in [6.45, 7) is 1.55. The van der Waals surface area contributed by atoms with Gasteiger partial charge in [0.2, 0.25) is 5.91 Å². The lowest BCUT2D eigenvalue weighted by atomic mass is 9.95. The molecule has 8 heteroatoms. The summed E-state index contributed by atoms with van der Waals surface area (Å²) < 4.78 is 10.5. The van der Waals surface area contributed by atoms with Gasteiger partial charge in [0.15, 0.2) is 0 Å². The van der Waals surface area contributed by atoms with Gasteiger partial charge in [-0.25, -0.2) is 0 Å². The van der Waals surface area contributed by atoms with Gasteiger partial charge in [0, 0.05) is 43.4 Å². The average molecular weight is 449 g/mol. The zero-order chi connectivity index (χ0) is 23.2. The number of nitrogens with one attached hydrogen (secondary N) is 2. The van der Waals surface area contributed by atoms with Crippen molar-refractivity contribution in [2.45, 2.75) is 19.4 Å². The van der Waals surface area contributed by atoms with E-state index in [9.17, 15) is 9.59 Å². The number of hydrogen-bond acceptors (Lipinski definition) is 5. The molecule has 2 N–H and O–H groups in total. The minimum Gasteiger partial charge on any atom is -0.497 e. The van der Waals surface area contributed by atoms with Crippen LogP contribution >= 0.6 is 0 Å². The molecule has 8 nitrogen and oxygen atoms in total. The number of likely N-dealkylation sites (tertiary alicyclic amines) is 1. The molecule has 0 aliphatic carbocycles. The lowest BCUT2D eigenvalue weighted by Gasteiger charge is -2.31. The van der Waals surface area contributed by atoms with E-state index in [1.807, 2.05) is 30.3 Å². The molecule has 4 rings (SSSR count). The maximum atomic E-state index is 12.9. The van der Waals surface area contributed by atoms with Crippen LogP contribution in [-0.2, 0) is 11.3 Å². The van der Waals surface area contributed by atoms with Crippen LogP contribution in [0.4, 0.5) is 0 Å². The number of hydrogen-bond donors (Lipinski definition) is 2. The van der Waals surface area contributed by atoms with Gasteiger partial charge in [-0.2, -0.15) is 5.10 Å². The maximum absolute atomic E-state index is 12.9. The van der Waals surface area contributed by atoms with Crippen molar-refractivity contribution in [2.24, 2.45) is 5.92 Å². The number of H-pyrrole nitrogens is 1. The first kappa shape index (κ1) is 22.4. The van der Waals surface area contributed by atoms with Crippen LogP contribution < -0.4 is 14.8 Å². The molecule has 2 aromatic carbocycles. The molecule has 0 unspecified atom stereocenters. The van der Waals surface area contributed by atoms with Gasteiger partial charge in [-0.05, 0) is 42.2 Å². The van der Waals surface area contributed by atoms with Gasteiger partial charge in [-0.3, -0.25) is 14.7 Å². The molecule has 3 aromatic rings. The molecule has 0 bridgehead atoms. The van der Waals surface area contributed by atoms with Crippen LogP contribution in [0.2, 0.25) is 0 Å². The second-order valence-corrected chi connectivity index (χ2v) is 8.05. The largest absolute Gasteiger partial charge is 0.497 e. The number of rotatable bonds is 7. The fourth-order valence-electron chi connectivity index (χ4n) is 4.01. The molecule has 1 saturated heterocycles. The lowest BCUT2D eigenvalue weighted by molar-refractivity contribution is -0.126. The summed E-state index contributed by atoms with van der Waals surface area (Å²) in [5.41, 5.74) is 3.56. The van der Waals surface area contributed by atoms with Crippen molar-refractivity contribution in [1.82, 2.24) is 20.4 Å². The second-order valence-electron chi connectivity index (χ2n) is 8.05. The Morgan fingerprint density at radius 3 is 2.27 bits per heavy atom. The molecular weight excluding hydrogens is 420 g/mol. The topological polar surface area (TPSA) is 96.6 Å². The Hall–Kier alpha value is -3.81.